The molecule has 88 valence electrons. The summed E-state index contributed by atoms with van der Waals surface area (Å²) in [7, 11) is 0. The van der Waals surface area contributed by atoms with Gasteiger partial charge in [-0.3, -0.25) is 0 Å². The van der Waals surface area contributed by atoms with Crippen LogP contribution in [0.4, 0.5) is 5.69 Å². The van der Waals surface area contributed by atoms with Crippen LogP contribution in [0.3, 0.4) is 0 Å². The van der Waals surface area contributed by atoms with Crippen molar-refractivity contribution in [1.29, 1.82) is 0 Å². The molecule has 0 atom stereocenters. The summed E-state index contributed by atoms with van der Waals surface area (Å²) in [6.45, 7) is 6.17. The molecule has 2 rings (SSSR count). The Kier molecular flexibility index (Phi) is 3.05. The molecular formula is C15H17NO. The van der Waals surface area contributed by atoms with E-state index in [1.165, 1.54) is 11.1 Å². The van der Waals surface area contributed by atoms with Crippen LogP contribution in [-0.4, -0.2) is 0 Å². The van der Waals surface area contributed by atoms with Gasteiger partial charge in [0.1, 0.15) is 11.5 Å². The lowest BCUT2D eigenvalue weighted by Gasteiger charge is -2.10. The fraction of sp³-hybridized carbons (Fsp3) is 0.200. The Bertz CT molecular complexity index is 547. The summed E-state index contributed by atoms with van der Waals surface area (Å²) in [5, 5.41) is 0. The predicted molar refractivity (Wildman–Crippen MR) is 71.6 cm³/mol. The molecule has 2 heteroatoms. The van der Waals surface area contributed by atoms with Crippen molar-refractivity contribution >= 4 is 5.69 Å². The fourth-order valence-corrected chi connectivity index (χ4v) is 1.69. The number of aryl methyl sites for hydroxylation is 3. The summed E-state index contributed by atoms with van der Waals surface area (Å²) in [6, 6.07) is 11.8. The van der Waals surface area contributed by atoms with Gasteiger partial charge in [-0.15, -0.1) is 0 Å². The maximum absolute atomic E-state index is 5.84. The Morgan fingerprint density at radius 1 is 0.824 bits per heavy atom. The average Bonchev–Trinajstić information content (AvgIpc) is 2.27. The molecule has 0 fully saturated rings. The number of ether oxygens (including phenoxy) is 1. The SMILES string of the molecule is Cc1ccc(Oc2ccc(N)cc2C)cc1C. The highest BCUT2D eigenvalue weighted by molar-refractivity contribution is 5.48. The van der Waals surface area contributed by atoms with Crippen LogP contribution in [0.15, 0.2) is 36.4 Å². The number of rotatable bonds is 2. The molecule has 2 aromatic carbocycles. The number of benzene rings is 2. The van der Waals surface area contributed by atoms with E-state index in [9.17, 15) is 0 Å². The third-order valence-electron chi connectivity index (χ3n) is 2.91. The largest absolute Gasteiger partial charge is 0.457 e. The molecule has 0 bridgehead atoms. The van der Waals surface area contributed by atoms with Crippen LogP contribution in [0.2, 0.25) is 0 Å². The van der Waals surface area contributed by atoms with Gasteiger partial charge >= 0.3 is 0 Å². The van der Waals surface area contributed by atoms with E-state index < -0.39 is 0 Å². The van der Waals surface area contributed by atoms with Gasteiger partial charge in [0.2, 0.25) is 0 Å². The standard InChI is InChI=1S/C15H17NO/c1-10-4-6-14(9-11(10)2)17-15-7-5-13(16)8-12(15)3/h4-9H,16H2,1-3H3. The molecule has 0 aromatic heterocycles. The molecule has 0 aliphatic heterocycles. The molecule has 2 aromatic rings. The van der Waals surface area contributed by atoms with Gasteiger partial charge in [0.25, 0.3) is 0 Å². The predicted octanol–water partition coefficient (Wildman–Crippen LogP) is 3.99. The van der Waals surface area contributed by atoms with E-state index in [1.54, 1.807) is 0 Å². The first-order chi connectivity index (χ1) is 8.06. The molecule has 0 spiro atoms. The summed E-state index contributed by atoms with van der Waals surface area (Å²) in [6.07, 6.45) is 0. The van der Waals surface area contributed by atoms with Crippen molar-refractivity contribution in [2.45, 2.75) is 20.8 Å². The van der Waals surface area contributed by atoms with Crippen LogP contribution < -0.4 is 10.5 Å². The van der Waals surface area contributed by atoms with E-state index in [-0.39, 0.29) is 0 Å². The second-order valence-corrected chi connectivity index (χ2v) is 4.37. The summed E-state index contributed by atoms with van der Waals surface area (Å²) < 4.78 is 5.84. The first kappa shape index (κ1) is 11.5. The average molecular weight is 227 g/mol. The summed E-state index contributed by atoms with van der Waals surface area (Å²) >= 11 is 0. The smallest absolute Gasteiger partial charge is 0.130 e. The fourth-order valence-electron chi connectivity index (χ4n) is 1.69. The molecule has 0 saturated carbocycles. The van der Waals surface area contributed by atoms with Gasteiger partial charge in [0.05, 0.1) is 0 Å². The third kappa shape index (κ3) is 2.59. The van der Waals surface area contributed by atoms with Gasteiger partial charge in [-0.2, -0.15) is 0 Å². The van der Waals surface area contributed by atoms with Gasteiger partial charge in [0, 0.05) is 5.69 Å². The topological polar surface area (TPSA) is 35.2 Å². The van der Waals surface area contributed by atoms with Crippen LogP contribution >= 0.6 is 0 Å². The summed E-state index contributed by atoms with van der Waals surface area (Å²) in [5.41, 5.74) is 10.0. The summed E-state index contributed by atoms with van der Waals surface area (Å²) in [4.78, 5) is 0. The van der Waals surface area contributed by atoms with Crippen molar-refractivity contribution in [1.82, 2.24) is 0 Å². The Hall–Kier alpha value is -1.96. The maximum atomic E-state index is 5.84. The van der Waals surface area contributed by atoms with Crippen molar-refractivity contribution in [2.75, 3.05) is 5.73 Å². The van der Waals surface area contributed by atoms with E-state index in [4.69, 9.17) is 10.5 Å². The van der Waals surface area contributed by atoms with E-state index in [1.807, 2.05) is 37.3 Å². The van der Waals surface area contributed by atoms with Crippen LogP contribution in [0.25, 0.3) is 0 Å². The molecule has 2 N–H and O–H groups in total. The molecule has 0 aliphatic carbocycles. The zero-order valence-electron chi connectivity index (χ0n) is 10.4. The molecule has 0 radical (unpaired) electrons. The zero-order chi connectivity index (χ0) is 12.4. The zero-order valence-corrected chi connectivity index (χ0v) is 10.4. The number of nitrogen functional groups attached to an aromatic ring is 1. The molecule has 0 aliphatic rings. The molecule has 0 unspecified atom stereocenters. The first-order valence-corrected chi connectivity index (χ1v) is 5.67. The van der Waals surface area contributed by atoms with Gasteiger partial charge < -0.3 is 10.5 Å². The normalized spacial score (nSPS) is 10.3. The van der Waals surface area contributed by atoms with E-state index in [0.29, 0.717) is 0 Å². The highest BCUT2D eigenvalue weighted by Crippen LogP contribution is 2.27. The molecular weight excluding hydrogens is 210 g/mol. The number of nitrogens with two attached hydrogens (primary N) is 1. The van der Waals surface area contributed by atoms with Crippen LogP contribution in [0.1, 0.15) is 16.7 Å². The van der Waals surface area contributed by atoms with Crippen molar-refractivity contribution in [3.63, 3.8) is 0 Å². The van der Waals surface area contributed by atoms with E-state index in [0.717, 1.165) is 22.7 Å². The van der Waals surface area contributed by atoms with Gasteiger partial charge in [-0.05, 0) is 67.8 Å². The second kappa shape index (κ2) is 4.50. The quantitative estimate of drug-likeness (QED) is 0.787. The van der Waals surface area contributed by atoms with E-state index in [2.05, 4.69) is 19.9 Å². The summed E-state index contributed by atoms with van der Waals surface area (Å²) in [5.74, 6) is 1.71. The molecule has 0 heterocycles. The van der Waals surface area contributed by atoms with Gasteiger partial charge in [0.15, 0.2) is 0 Å². The molecule has 0 amide bonds. The minimum absolute atomic E-state index is 0.759. The number of hydrogen-bond acceptors (Lipinski definition) is 2. The van der Waals surface area contributed by atoms with Crippen molar-refractivity contribution < 1.29 is 4.74 Å². The van der Waals surface area contributed by atoms with Crippen molar-refractivity contribution in [2.24, 2.45) is 0 Å². The number of hydrogen-bond donors (Lipinski definition) is 1. The maximum Gasteiger partial charge on any atom is 0.130 e. The highest BCUT2D eigenvalue weighted by Gasteiger charge is 2.02. The van der Waals surface area contributed by atoms with E-state index >= 15 is 0 Å². The van der Waals surface area contributed by atoms with Crippen LogP contribution in [0.5, 0.6) is 11.5 Å². The lowest BCUT2D eigenvalue weighted by Crippen LogP contribution is -1.91. The lowest BCUT2D eigenvalue weighted by atomic mass is 10.1. The van der Waals surface area contributed by atoms with Gasteiger partial charge in [-0.1, -0.05) is 6.07 Å². The van der Waals surface area contributed by atoms with Crippen molar-refractivity contribution in [3.8, 4) is 11.5 Å². The lowest BCUT2D eigenvalue weighted by molar-refractivity contribution is 0.478. The Balaban J connectivity index is 2.28. The van der Waals surface area contributed by atoms with Crippen molar-refractivity contribution in [3.05, 3.63) is 53.1 Å². The Morgan fingerprint density at radius 2 is 1.59 bits per heavy atom. The van der Waals surface area contributed by atoms with Gasteiger partial charge in [-0.25, -0.2) is 0 Å². The Morgan fingerprint density at radius 3 is 2.24 bits per heavy atom. The molecule has 0 saturated heterocycles. The third-order valence-corrected chi connectivity index (χ3v) is 2.91. The Labute approximate surface area is 102 Å². The highest BCUT2D eigenvalue weighted by atomic mass is 16.5. The van der Waals surface area contributed by atoms with Crippen LogP contribution in [-0.2, 0) is 0 Å². The number of anilines is 1. The minimum atomic E-state index is 0.759. The second-order valence-electron chi connectivity index (χ2n) is 4.37. The monoisotopic (exact) mass is 227 g/mol. The molecule has 2 nitrogen and oxygen atoms in total. The first-order valence-electron chi connectivity index (χ1n) is 5.67. The minimum Gasteiger partial charge on any atom is -0.457 e. The molecule has 17 heavy (non-hydrogen) atoms. The van der Waals surface area contributed by atoms with Crippen LogP contribution in [0, 0.1) is 20.8 Å².